The zero-order valence-electron chi connectivity index (χ0n) is 17.8. The van der Waals surface area contributed by atoms with Crippen LogP contribution in [0.5, 0.6) is 5.75 Å². The summed E-state index contributed by atoms with van der Waals surface area (Å²) in [6.45, 7) is 4.22. The highest BCUT2D eigenvalue weighted by Gasteiger charge is 2.34. The SMILES string of the molecule is CCOCCOc1ccccc1C1Nc2ccccc2C(=O)N1CCc1ccccc1. The molecule has 3 aromatic rings. The summed E-state index contributed by atoms with van der Waals surface area (Å²) in [5, 5.41) is 3.57. The normalized spacial score (nSPS) is 15.3. The molecule has 1 aliphatic heterocycles. The number of ether oxygens (including phenoxy) is 2. The van der Waals surface area contributed by atoms with Crippen molar-refractivity contribution in [2.45, 2.75) is 19.5 Å². The number of hydrogen-bond donors (Lipinski definition) is 1. The van der Waals surface area contributed by atoms with E-state index in [0.29, 0.717) is 31.9 Å². The summed E-state index contributed by atoms with van der Waals surface area (Å²) >= 11 is 0. The maximum Gasteiger partial charge on any atom is 0.257 e. The zero-order chi connectivity index (χ0) is 21.5. The third kappa shape index (κ3) is 4.89. The molecule has 0 aromatic heterocycles. The first-order valence-electron chi connectivity index (χ1n) is 10.8. The Labute approximate surface area is 183 Å². The number of nitrogens with one attached hydrogen (secondary N) is 1. The number of para-hydroxylation sites is 2. The molecule has 3 aromatic carbocycles. The first-order chi connectivity index (χ1) is 15.3. The van der Waals surface area contributed by atoms with Gasteiger partial charge in [-0.1, -0.05) is 60.7 Å². The Kier molecular flexibility index (Phi) is 6.85. The fraction of sp³-hybridized carbons (Fsp3) is 0.269. The molecule has 0 fully saturated rings. The summed E-state index contributed by atoms with van der Waals surface area (Å²) in [7, 11) is 0. The predicted molar refractivity (Wildman–Crippen MR) is 122 cm³/mol. The van der Waals surface area contributed by atoms with Gasteiger partial charge < -0.3 is 19.7 Å². The molecule has 160 valence electrons. The molecular formula is C26H28N2O3. The van der Waals surface area contributed by atoms with Gasteiger partial charge in [0.25, 0.3) is 5.91 Å². The molecule has 1 unspecified atom stereocenters. The standard InChI is InChI=1S/C26H28N2O3/c1-2-30-18-19-31-24-15-9-7-13-22(24)25-27-23-14-8-6-12-21(23)26(29)28(25)17-16-20-10-4-3-5-11-20/h3-15,25,27H,2,16-19H2,1H3. The lowest BCUT2D eigenvalue weighted by Crippen LogP contribution is -2.44. The highest BCUT2D eigenvalue weighted by molar-refractivity contribution is 6.01. The van der Waals surface area contributed by atoms with Gasteiger partial charge in [0.2, 0.25) is 0 Å². The van der Waals surface area contributed by atoms with E-state index < -0.39 is 0 Å². The van der Waals surface area contributed by atoms with E-state index in [-0.39, 0.29) is 12.1 Å². The number of anilines is 1. The lowest BCUT2D eigenvalue weighted by Gasteiger charge is -2.38. The summed E-state index contributed by atoms with van der Waals surface area (Å²) < 4.78 is 11.4. The van der Waals surface area contributed by atoms with Gasteiger partial charge in [-0.25, -0.2) is 0 Å². The molecule has 1 N–H and O–H groups in total. The van der Waals surface area contributed by atoms with Crippen LogP contribution in [0.4, 0.5) is 5.69 Å². The molecule has 1 amide bonds. The largest absolute Gasteiger partial charge is 0.491 e. The number of hydrogen-bond acceptors (Lipinski definition) is 4. The molecule has 1 heterocycles. The Hall–Kier alpha value is -3.31. The van der Waals surface area contributed by atoms with Crippen LogP contribution in [-0.4, -0.2) is 37.2 Å². The second kappa shape index (κ2) is 10.1. The number of benzene rings is 3. The highest BCUT2D eigenvalue weighted by Crippen LogP contribution is 2.36. The predicted octanol–water partition coefficient (Wildman–Crippen LogP) is 4.91. The molecular weight excluding hydrogens is 388 g/mol. The third-order valence-corrected chi connectivity index (χ3v) is 5.41. The van der Waals surface area contributed by atoms with E-state index in [4.69, 9.17) is 9.47 Å². The molecule has 5 nitrogen and oxygen atoms in total. The van der Waals surface area contributed by atoms with Crippen LogP contribution in [0.1, 0.15) is 34.6 Å². The highest BCUT2D eigenvalue weighted by atomic mass is 16.5. The maximum atomic E-state index is 13.5. The average molecular weight is 417 g/mol. The average Bonchev–Trinajstić information content (AvgIpc) is 2.82. The van der Waals surface area contributed by atoms with Gasteiger partial charge in [-0.15, -0.1) is 0 Å². The summed E-state index contributed by atoms with van der Waals surface area (Å²) in [5.41, 5.74) is 3.68. The molecule has 31 heavy (non-hydrogen) atoms. The van der Waals surface area contributed by atoms with E-state index in [0.717, 1.165) is 23.4 Å². The Morgan fingerprint density at radius 1 is 0.903 bits per heavy atom. The van der Waals surface area contributed by atoms with Crippen LogP contribution in [0.3, 0.4) is 0 Å². The van der Waals surface area contributed by atoms with Gasteiger partial charge in [0.15, 0.2) is 0 Å². The van der Waals surface area contributed by atoms with Crippen molar-refractivity contribution in [2.24, 2.45) is 0 Å². The van der Waals surface area contributed by atoms with Crippen molar-refractivity contribution in [1.29, 1.82) is 0 Å². The molecule has 0 radical (unpaired) electrons. The number of amides is 1. The minimum absolute atomic E-state index is 0.0272. The molecule has 0 saturated heterocycles. The van der Waals surface area contributed by atoms with Gasteiger partial charge in [-0.05, 0) is 37.1 Å². The topological polar surface area (TPSA) is 50.8 Å². The van der Waals surface area contributed by atoms with Crippen LogP contribution in [-0.2, 0) is 11.2 Å². The summed E-state index contributed by atoms with van der Waals surface area (Å²) in [6, 6.07) is 25.8. The second-order valence-electron chi connectivity index (χ2n) is 7.41. The third-order valence-electron chi connectivity index (χ3n) is 5.41. The number of carbonyl (C=O) groups excluding carboxylic acids is 1. The van der Waals surface area contributed by atoms with Crippen LogP contribution in [0.15, 0.2) is 78.9 Å². The van der Waals surface area contributed by atoms with Crippen molar-refractivity contribution in [3.8, 4) is 5.75 Å². The van der Waals surface area contributed by atoms with Gasteiger partial charge in [-0.3, -0.25) is 4.79 Å². The van der Waals surface area contributed by atoms with Crippen molar-refractivity contribution in [3.63, 3.8) is 0 Å². The molecule has 0 bridgehead atoms. The van der Waals surface area contributed by atoms with Crippen LogP contribution >= 0.6 is 0 Å². The fourth-order valence-electron chi connectivity index (χ4n) is 3.86. The number of nitrogens with zero attached hydrogens (tertiary/aromatic N) is 1. The quantitative estimate of drug-likeness (QED) is 0.504. The number of rotatable bonds is 9. The molecule has 0 saturated carbocycles. The van der Waals surface area contributed by atoms with Gasteiger partial charge in [0, 0.05) is 24.4 Å². The van der Waals surface area contributed by atoms with Gasteiger partial charge in [0.05, 0.1) is 12.2 Å². The first kappa shape index (κ1) is 20.9. The summed E-state index contributed by atoms with van der Waals surface area (Å²) in [4.78, 5) is 15.4. The Bertz CT molecular complexity index is 1010. The minimum atomic E-state index is -0.311. The summed E-state index contributed by atoms with van der Waals surface area (Å²) in [5.74, 6) is 0.788. The Morgan fingerprint density at radius 3 is 2.48 bits per heavy atom. The van der Waals surface area contributed by atoms with Gasteiger partial charge in [-0.2, -0.15) is 0 Å². The molecule has 0 spiro atoms. The zero-order valence-corrected chi connectivity index (χ0v) is 17.8. The van der Waals surface area contributed by atoms with Crippen molar-refractivity contribution < 1.29 is 14.3 Å². The van der Waals surface area contributed by atoms with Gasteiger partial charge in [0.1, 0.15) is 18.5 Å². The number of fused-ring (bicyclic) bond motifs is 1. The van der Waals surface area contributed by atoms with Crippen molar-refractivity contribution >= 4 is 11.6 Å². The molecule has 0 aliphatic carbocycles. The smallest absolute Gasteiger partial charge is 0.257 e. The molecule has 5 heteroatoms. The second-order valence-corrected chi connectivity index (χ2v) is 7.41. The minimum Gasteiger partial charge on any atom is -0.491 e. The van der Waals surface area contributed by atoms with Crippen molar-refractivity contribution in [3.05, 3.63) is 95.6 Å². The molecule has 1 aliphatic rings. The number of carbonyl (C=O) groups is 1. The van der Waals surface area contributed by atoms with E-state index in [1.165, 1.54) is 5.56 Å². The van der Waals surface area contributed by atoms with E-state index in [1.807, 2.05) is 78.6 Å². The van der Waals surface area contributed by atoms with Crippen LogP contribution in [0, 0.1) is 0 Å². The Balaban J connectivity index is 1.63. The van der Waals surface area contributed by atoms with E-state index in [2.05, 4.69) is 17.4 Å². The molecule has 1 atom stereocenters. The lowest BCUT2D eigenvalue weighted by molar-refractivity contribution is 0.0680. The Morgan fingerprint density at radius 2 is 1.65 bits per heavy atom. The van der Waals surface area contributed by atoms with Crippen molar-refractivity contribution in [2.75, 3.05) is 31.7 Å². The first-order valence-corrected chi connectivity index (χ1v) is 10.8. The van der Waals surface area contributed by atoms with E-state index in [1.54, 1.807) is 0 Å². The fourth-order valence-corrected chi connectivity index (χ4v) is 3.86. The van der Waals surface area contributed by atoms with E-state index >= 15 is 0 Å². The van der Waals surface area contributed by atoms with Crippen LogP contribution < -0.4 is 10.1 Å². The summed E-state index contributed by atoms with van der Waals surface area (Å²) in [6.07, 6.45) is 0.467. The van der Waals surface area contributed by atoms with Crippen LogP contribution in [0.25, 0.3) is 0 Å². The van der Waals surface area contributed by atoms with Gasteiger partial charge >= 0.3 is 0 Å². The van der Waals surface area contributed by atoms with Crippen molar-refractivity contribution in [1.82, 2.24) is 4.90 Å². The lowest BCUT2D eigenvalue weighted by atomic mass is 10.0. The maximum absolute atomic E-state index is 13.5. The monoisotopic (exact) mass is 416 g/mol. The molecule has 4 rings (SSSR count). The van der Waals surface area contributed by atoms with Crippen LogP contribution in [0.2, 0.25) is 0 Å². The van der Waals surface area contributed by atoms with E-state index in [9.17, 15) is 4.79 Å².